The second-order valence-corrected chi connectivity index (χ2v) is 5.79. The number of hydrogen-bond acceptors (Lipinski definition) is 2. The molecule has 110 valence electrons. The summed E-state index contributed by atoms with van der Waals surface area (Å²) in [6.07, 6.45) is 2.87. The number of carbonyl (C=O) groups is 1. The van der Waals surface area contributed by atoms with Crippen LogP contribution >= 0.6 is 0 Å². The van der Waals surface area contributed by atoms with Crippen molar-refractivity contribution in [3.05, 3.63) is 41.5 Å². The van der Waals surface area contributed by atoms with E-state index in [4.69, 9.17) is 5.11 Å². The van der Waals surface area contributed by atoms with Gasteiger partial charge in [-0.3, -0.25) is 4.90 Å². The summed E-state index contributed by atoms with van der Waals surface area (Å²) < 4.78 is 0. The first-order valence-electron chi connectivity index (χ1n) is 7.13. The van der Waals surface area contributed by atoms with E-state index in [9.17, 15) is 4.79 Å². The highest BCUT2D eigenvalue weighted by atomic mass is 16.4. The number of benzene rings is 1. The average molecular weight is 275 g/mol. The summed E-state index contributed by atoms with van der Waals surface area (Å²) in [5, 5.41) is 8.76. The Bertz CT molecular complexity index is 464. The summed E-state index contributed by atoms with van der Waals surface area (Å²) >= 11 is 0. The molecule has 1 aromatic rings. The van der Waals surface area contributed by atoms with Crippen LogP contribution in [-0.2, 0) is 11.3 Å². The fourth-order valence-electron chi connectivity index (χ4n) is 2.15. The maximum atomic E-state index is 10.7. The molecule has 0 fully saturated rings. The number of hydrogen-bond donors (Lipinski definition) is 1. The van der Waals surface area contributed by atoms with Gasteiger partial charge in [0.05, 0.1) is 0 Å². The first-order chi connectivity index (χ1) is 9.40. The van der Waals surface area contributed by atoms with E-state index in [1.165, 1.54) is 11.6 Å². The van der Waals surface area contributed by atoms with Crippen LogP contribution in [-0.4, -0.2) is 28.6 Å². The molecule has 0 aliphatic rings. The summed E-state index contributed by atoms with van der Waals surface area (Å²) in [6, 6.07) is 8.43. The Labute approximate surface area is 121 Å². The molecule has 20 heavy (non-hydrogen) atoms. The third kappa shape index (κ3) is 5.57. The van der Waals surface area contributed by atoms with E-state index in [1.807, 2.05) is 18.2 Å². The topological polar surface area (TPSA) is 40.5 Å². The van der Waals surface area contributed by atoms with Gasteiger partial charge in [-0.15, -0.1) is 0 Å². The van der Waals surface area contributed by atoms with Gasteiger partial charge in [0.2, 0.25) is 0 Å². The molecule has 0 unspecified atom stereocenters. The number of rotatable bonds is 7. The van der Waals surface area contributed by atoms with Crippen LogP contribution in [0.25, 0.3) is 6.08 Å². The van der Waals surface area contributed by atoms with E-state index in [2.05, 4.69) is 38.7 Å². The normalized spacial score (nSPS) is 11.9. The lowest BCUT2D eigenvalue weighted by Crippen LogP contribution is -2.33. The minimum absolute atomic E-state index is 0.467. The van der Waals surface area contributed by atoms with Crippen molar-refractivity contribution < 1.29 is 9.90 Å². The van der Waals surface area contributed by atoms with Crippen molar-refractivity contribution in [3.8, 4) is 0 Å². The van der Waals surface area contributed by atoms with Gasteiger partial charge < -0.3 is 5.11 Å². The van der Waals surface area contributed by atoms with Gasteiger partial charge in [-0.25, -0.2) is 4.79 Å². The number of carboxylic acids is 1. The molecule has 3 heteroatoms. The van der Waals surface area contributed by atoms with E-state index >= 15 is 0 Å². The fourth-order valence-corrected chi connectivity index (χ4v) is 2.15. The van der Waals surface area contributed by atoms with Crippen molar-refractivity contribution in [2.45, 2.75) is 40.3 Å². The highest BCUT2D eigenvalue weighted by Gasteiger charge is 2.13. The number of carboxylic acid groups (broad SMARTS) is 1. The minimum Gasteiger partial charge on any atom is -0.478 e. The molecular weight excluding hydrogens is 250 g/mol. The predicted octanol–water partition coefficient (Wildman–Crippen LogP) is 3.65. The van der Waals surface area contributed by atoms with Crippen molar-refractivity contribution in [2.75, 3.05) is 6.54 Å². The highest BCUT2D eigenvalue weighted by molar-refractivity contribution is 5.85. The largest absolute Gasteiger partial charge is 0.478 e. The molecule has 1 rings (SSSR count). The van der Waals surface area contributed by atoms with Crippen LogP contribution in [0.3, 0.4) is 0 Å². The molecule has 3 nitrogen and oxygen atoms in total. The van der Waals surface area contributed by atoms with E-state index in [0.717, 1.165) is 18.7 Å². The van der Waals surface area contributed by atoms with Crippen LogP contribution in [0.1, 0.15) is 38.8 Å². The molecule has 0 saturated carbocycles. The van der Waals surface area contributed by atoms with Crippen LogP contribution in [0.2, 0.25) is 0 Å². The van der Waals surface area contributed by atoms with Crippen LogP contribution in [0.5, 0.6) is 0 Å². The Kier molecular flexibility index (Phi) is 6.46. The molecular formula is C17H25NO2. The molecule has 0 saturated heterocycles. The molecule has 0 heterocycles. The summed E-state index contributed by atoms with van der Waals surface area (Å²) in [6.45, 7) is 10.7. The molecule has 0 amide bonds. The summed E-state index contributed by atoms with van der Waals surface area (Å²) in [7, 11) is 0. The van der Waals surface area contributed by atoms with Gasteiger partial charge in [0.25, 0.3) is 0 Å². The standard InChI is InChI=1S/C17H25NO2/c1-13(2)11-18(14(3)4)12-16-8-6-5-7-15(16)9-10-17(19)20/h5-10,13-14H,11-12H2,1-4H3,(H,19,20). The molecule has 1 aromatic carbocycles. The maximum Gasteiger partial charge on any atom is 0.328 e. The van der Waals surface area contributed by atoms with Crippen molar-refractivity contribution in [1.82, 2.24) is 4.90 Å². The second kappa shape index (κ2) is 7.85. The Morgan fingerprint density at radius 2 is 1.90 bits per heavy atom. The summed E-state index contributed by atoms with van der Waals surface area (Å²) in [5.41, 5.74) is 2.14. The number of aliphatic carboxylic acids is 1. The zero-order valence-corrected chi connectivity index (χ0v) is 12.8. The first-order valence-corrected chi connectivity index (χ1v) is 7.13. The van der Waals surface area contributed by atoms with Gasteiger partial charge in [0, 0.05) is 25.2 Å². The van der Waals surface area contributed by atoms with Gasteiger partial charge in [-0.2, -0.15) is 0 Å². The fraction of sp³-hybridized carbons (Fsp3) is 0.471. The average Bonchev–Trinajstić information content (AvgIpc) is 2.36. The predicted molar refractivity (Wildman–Crippen MR) is 83.5 cm³/mol. The van der Waals surface area contributed by atoms with Crippen molar-refractivity contribution in [3.63, 3.8) is 0 Å². The van der Waals surface area contributed by atoms with E-state index in [-0.39, 0.29) is 0 Å². The van der Waals surface area contributed by atoms with Crippen LogP contribution < -0.4 is 0 Å². The minimum atomic E-state index is -0.914. The highest BCUT2D eigenvalue weighted by Crippen LogP contribution is 2.16. The smallest absolute Gasteiger partial charge is 0.328 e. The summed E-state index contributed by atoms with van der Waals surface area (Å²) in [4.78, 5) is 13.1. The second-order valence-electron chi connectivity index (χ2n) is 5.79. The van der Waals surface area contributed by atoms with E-state index in [0.29, 0.717) is 12.0 Å². The molecule has 0 radical (unpaired) electrons. The third-order valence-electron chi connectivity index (χ3n) is 3.16. The maximum absolute atomic E-state index is 10.7. The molecule has 0 aliphatic heterocycles. The Hall–Kier alpha value is -1.61. The lowest BCUT2D eigenvalue weighted by molar-refractivity contribution is -0.131. The Morgan fingerprint density at radius 1 is 1.25 bits per heavy atom. The lowest BCUT2D eigenvalue weighted by atomic mass is 10.0. The van der Waals surface area contributed by atoms with E-state index < -0.39 is 5.97 Å². The van der Waals surface area contributed by atoms with Crippen LogP contribution in [0.4, 0.5) is 0 Å². The van der Waals surface area contributed by atoms with Gasteiger partial charge in [0.1, 0.15) is 0 Å². The Morgan fingerprint density at radius 3 is 2.45 bits per heavy atom. The zero-order valence-electron chi connectivity index (χ0n) is 12.8. The van der Waals surface area contributed by atoms with Crippen LogP contribution in [0, 0.1) is 5.92 Å². The van der Waals surface area contributed by atoms with Crippen LogP contribution in [0.15, 0.2) is 30.3 Å². The molecule has 0 spiro atoms. The summed E-state index contributed by atoms with van der Waals surface area (Å²) in [5.74, 6) is -0.304. The van der Waals surface area contributed by atoms with Gasteiger partial charge in [0.15, 0.2) is 0 Å². The molecule has 0 atom stereocenters. The number of nitrogens with zero attached hydrogens (tertiary/aromatic N) is 1. The Balaban J connectivity index is 2.92. The third-order valence-corrected chi connectivity index (χ3v) is 3.16. The monoisotopic (exact) mass is 275 g/mol. The van der Waals surface area contributed by atoms with Gasteiger partial charge in [-0.1, -0.05) is 38.1 Å². The van der Waals surface area contributed by atoms with Crippen molar-refractivity contribution >= 4 is 12.0 Å². The van der Waals surface area contributed by atoms with E-state index in [1.54, 1.807) is 6.08 Å². The zero-order chi connectivity index (χ0) is 15.1. The molecule has 0 bridgehead atoms. The first kappa shape index (κ1) is 16.4. The SMILES string of the molecule is CC(C)CN(Cc1ccccc1C=CC(=O)O)C(C)C. The lowest BCUT2D eigenvalue weighted by Gasteiger charge is -2.28. The molecule has 1 N–H and O–H groups in total. The quantitative estimate of drug-likeness (QED) is 0.772. The molecule has 0 aliphatic carbocycles. The van der Waals surface area contributed by atoms with Crippen molar-refractivity contribution in [2.24, 2.45) is 5.92 Å². The van der Waals surface area contributed by atoms with Gasteiger partial charge >= 0.3 is 5.97 Å². The molecule has 0 aromatic heterocycles. The van der Waals surface area contributed by atoms with Gasteiger partial charge in [-0.05, 0) is 37.0 Å². The van der Waals surface area contributed by atoms with Crippen molar-refractivity contribution in [1.29, 1.82) is 0 Å².